The van der Waals surface area contributed by atoms with Crippen LogP contribution in [0.4, 0.5) is 5.69 Å². The quantitative estimate of drug-likeness (QED) is 0.202. The van der Waals surface area contributed by atoms with E-state index in [-0.39, 0.29) is 0 Å². The van der Waals surface area contributed by atoms with E-state index < -0.39 is 0 Å². The van der Waals surface area contributed by atoms with E-state index in [1.165, 1.54) is 5.39 Å². The van der Waals surface area contributed by atoms with Gasteiger partial charge < -0.3 is 9.13 Å². The fraction of sp³-hybridized carbons (Fsp3) is 0. The maximum absolute atomic E-state index is 9.39. The van der Waals surface area contributed by atoms with Crippen molar-refractivity contribution in [2.45, 2.75) is 0 Å². The van der Waals surface area contributed by atoms with Crippen molar-refractivity contribution in [2.24, 2.45) is 0 Å². The number of fused-ring (bicyclic) bond motifs is 6. The molecule has 0 saturated carbocycles. The molecule has 0 aliphatic heterocycles. The molecule has 0 saturated heterocycles. The second-order valence-corrected chi connectivity index (χ2v) is 10.8. The van der Waals surface area contributed by atoms with Crippen molar-refractivity contribution in [3.05, 3.63) is 150 Å². The highest BCUT2D eigenvalue weighted by atomic mass is 15.0. The van der Waals surface area contributed by atoms with Gasteiger partial charge in [0.25, 0.3) is 0 Å². The van der Waals surface area contributed by atoms with E-state index in [2.05, 4.69) is 98.9 Å². The van der Waals surface area contributed by atoms with Crippen molar-refractivity contribution >= 4 is 49.3 Å². The summed E-state index contributed by atoms with van der Waals surface area (Å²) in [5, 5.41) is 23.2. The van der Waals surface area contributed by atoms with Crippen LogP contribution in [-0.4, -0.2) is 9.13 Å². The van der Waals surface area contributed by atoms with Gasteiger partial charge in [0.2, 0.25) is 5.69 Å². The minimum Gasteiger partial charge on any atom is -0.319 e. The molecule has 0 bridgehead atoms. The zero-order chi connectivity index (χ0) is 29.8. The van der Waals surface area contributed by atoms with Gasteiger partial charge in [-0.15, -0.1) is 0 Å². The van der Waals surface area contributed by atoms with E-state index >= 15 is 0 Å². The Hall–Kier alpha value is -6.61. The van der Waals surface area contributed by atoms with Crippen LogP contribution < -0.4 is 0 Å². The minimum atomic E-state index is 0.444. The molecule has 0 fully saturated rings. The van der Waals surface area contributed by atoms with Crippen LogP contribution in [0.5, 0.6) is 0 Å². The summed E-state index contributed by atoms with van der Waals surface area (Å²) in [7, 11) is 0. The van der Waals surface area contributed by atoms with Gasteiger partial charge in [-0.25, -0.2) is 4.85 Å². The van der Waals surface area contributed by atoms with Crippen molar-refractivity contribution in [1.82, 2.24) is 9.13 Å². The molecule has 0 amide bonds. The lowest BCUT2D eigenvalue weighted by molar-refractivity contribution is 1.18. The van der Waals surface area contributed by atoms with Crippen LogP contribution in [0, 0.1) is 29.2 Å². The van der Waals surface area contributed by atoms with Gasteiger partial charge in [-0.3, -0.25) is 0 Å². The third-order valence-corrected chi connectivity index (χ3v) is 8.40. The van der Waals surface area contributed by atoms with Gasteiger partial charge in [0.1, 0.15) is 0 Å². The highest BCUT2D eigenvalue weighted by Gasteiger charge is 2.17. The number of nitrogens with zero attached hydrogens (tertiary/aromatic N) is 5. The van der Waals surface area contributed by atoms with E-state index in [0.29, 0.717) is 16.8 Å². The Labute approximate surface area is 253 Å². The Morgan fingerprint density at radius 3 is 1.61 bits per heavy atom. The smallest absolute Gasteiger partial charge is 0.211 e. The van der Waals surface area contributed by atoms with Crippen LogP contribution in [0.2, 0.25) is 0 Å². The average molecular weight is 560 g/mol. The van der Waals surface area contributed by atoms with E-state index in [9.17, 15) is 10.5 Å². The van der Waals surface area contributed by atoms with Crippen molar-refractivity contribution in [1.29, 1.82) is 10.5 Å². The molecule has 6 aromatic carbocycles. The SMILES string of the molecule is [C-]#[N+]c1cc(C#N)ccc1-n1c2ccccc2c2cc(-c3ccc4c(c3)c3ccccc3n4-c3ccc(C#N)cc3)ccc21. The number of hydrogen-bond donors (Lipinski definition) is 0. The number of aromatic nitrogens is 2. The Balaban J connectivity index is 1.33. The van der Waals surface area contributed by atoms with Crippen molar-refractivity contribution < 1.29 is 0 Å². The van der Waals surface area contributed by atoms with Crippen LogP contribution in [0.1, 0.15) is 11.1 Å². The second-order valence-electron chi connectivity index (χ2n) is 10.8. The number of para-hydroxylation sites is 2. The summed E-state index contributed by atoms with van der Waals surface area (Å²) in [6, 6.07) is 47.1. The van der Waals surface area contributed by atoms with Crippen LogP contribution in [0.3, 0.4) is 0 Å². The van der Waals surface area contributed by atoms with Gasteiger partial charge in [0.05, 0.1) is 52.0 Å². The lowest BCUT2D eigenvalue weighted by Gasteiger charge is -2.11. The van der Waals surface area contributed by atoms with Gasteiger partial charge in [0, 0.05) is 32.8 Å². The normalized spacial score (nSPS) is 11.1. The first kappa shape index (κ1) is 25.1. The number of hydrogen-bond acceptors (Lipinski definition) is 2. The first-order valence-electron chi connectivity index (χ1n) is 14.2. The third-order valence-electron chi connectivity index (χ3n) is 8.40. The lowest BCUT2D eigenvalue weighted by Crippen LogP contribution is -1.94. The maximum atomic E-state index is 9.39. The first-order valence-corrected chi connectivity index (χ1v) is 14.2. The van der Waals surface area contributed by atoms with Crippen molar-refractivity contribution in [3.63, 3.8) is 0 Å². The Morgan fingerprint density at radius 2 is 1.02 bits per heavy atom. The fourth-order valence-corrected chi connectivity index (χ4v) is 6.40. The van der Waals surface area contributed by atoms with Crippen LogP contribution >= 0.6 is 0 Å². The summed E-state index contributed by atoms with van der Waals surface area (Å²) in [4.78, 5) is 3.76. The van der Waals surface area contributed by atoms with E-state index in [1.807, 2.05) is 42.5 Å². The summed E-state index contributed by atoms with van der Waals surface area (Å²) in [6.45, 7) is 7.81. The number of rotatable bonds is 3. The van der Waals surface area contributed by atoms with Crippen molar-refractivity contribution in [2.75, 3.05) is 0 Å². The van der Waals surface area contributed by atoms with Crippen LogP contribution in [-0.2, 0) is 0 Å². The monoisotopic (exact) mass is 559 g/mol. The zero-order valence-electron chi connectivity index (χ0n) is 23.4. The molecule has 0 aliphatic rings. The summed E-state index contributed by atoms with van der Waals surface area (Å²) >= 11 is 0. The number of nitriles is 2. The molecule has 0 unspecified atom stereocenters. The number of benzene rings is 6. The van der Waals surface area contributed by atoms with Crippen LogP contribution in [0.15, 0.2) is 127 Å². The summed E-state index contributed by atoms with van der Waals surface area (Å²) in [6.07, 6.45) is 0. The predicted octanol–water partition coefficient (Wildman–Crippen LogP) is 9.84. The van der Waals surface area contributed by atoms with E-state index in [0.717, 1.165) is 60.7 Å². The Kier molecular flexibility index (Phi) is 5.56. The zero-order valence-corrected chi connectivity index (χ0v) is 23.4. The molecule has 8 aromatic rings. The Morgan fingerprint density at radius 1 is 0.500 bits per heavy atom. The molecular weight excluding hydrogens is 538 g/mol. The molecule has 202 valence electrons. The summed E-state index contributed by atoms with van der Waals surface area (Å²) < 4.78 is 4.37. The summed E-state index contributed by atoms with van der Waals surface area (Å²) in [5.41, 5.74) is 9.76. The molecule has 0 N–H and O–H groups in total. The molecule has 8 rings (SSSR count). The average Bonchev–Trinajstić information content (AvgIpc) is 3.60. The molecule has 44 heavy (non-hydrogen) atoms. The van der Waals surface area contributed by atoms with Crippen LogP contribution in [0.25, 0.3) is 71.0 Å². The molecule has 0 atom stereocenters. The molecule has 5 nitrogen and oxygen atoms in total. The molecular formula is C39H21N5. The van der Waals surface area contributed by atoms with Gasteiger partial charge in [-0.05, 0) is 90.0 Å². The topological polar surface area (TPSA) is 61.8 Å². The molecule has 5 heteroatoms. The highest BCUT2D eigenvalue weighted by molar-refractivity contribution is 6.13. The minimum absolute atomic E-state index is 0.444. The predicted molar refractivity (Wildman–Crippen MR) is 176 cm³/mol. The lowest BCUT2D eigenvalue weighted by atomic mass is 10.0. The molecule has 0 aliphatic carbocycles. The largest absolute Gasteiger partial charge is 0.319 e. The maximum Gasteiger partial charge on any atom is 0.211 e. The van der Waals surface area contributed by atoms with E-state index in [1.54, 1.807) is 12.1 Å². The third kappa shape index (κ3) is 3.70. The van der Waals surface area contributed by atoms with Gasteiger partial charge in [0.15, 0.2) is 0 Å². The molecule has 2 heterocycles. The first-order chi connectivity index (χ1) is 21.7. The van der Waals surface area contributed by atoms with Gasteiger partial charge in [-0.2, -0.15) is 10.5 Å². The summed E-state index contributed by atoms with van der Waals surface area (Å²) in [5.74, 6) is 0. The van der Waals surface area contributed by atoms with E-state index in [4.69, 9.17) is 6.57 Å². The fourth-order valence-electron chi connectivity index (χ4n) is 6.40. The van der Waals surface area contributed by atoms with Gasteiger partial charge >= 0.3 is 0 Å². The second kappa shape index (κ2) is 9.74. The standard InChI is InChI=1S/C39H21N5/c1-42-34-20-26(24-41)12-17-39(34)44-36-9-5-3-7-31(36)33-22-28(14-19-38(33)44)27-13-18-37-32(21-27)30-6-2-4-8-35(30)43(37)29-15-10-25(23-40)11-16-29/h2-22H. The van der Waals surface area contributed by atoms with Gasteiger partial charge in [-0.1, -0.05) is 48.5 Å². The van der Waals surface area contributed by atoms with Crippen molar-refractivity contribution in [3.8, 4) is 34.6 Å². The molecule has 0 spiro atoms. The molecule has 0 radical (unpaired) electrons. The molecule has 2 aromatic heterocycles. The Bertz CT molecular complexity index is 2580. The highest BCUT2D eigenvalue weighted by Crippen LogP contribution is 2.39.